The predicted octanol–water partition coefficient (Wildman–Crippen LogP) is 6.65. The summed E-state index contributed by atoms with van der Waals surface area (Å²) in [5, 5.41) is 11.3. The highest BCUT2D eigenvalue weighted by Gasteiger charge is 2.14. The molecule has 0 bridgehead atoms. The summed E-state index contributed by atoms with van der Waals surface area (Å²) in [6.45, 7) is 0.0969. The van der Waals surface area contributed by atoms with E-state index in [9.17, 15) is 4.79 Å². The van der Waals surface area contributed by atoms with Crippen molar-refractivity contribution in [2.24, 2.45) is 10.2 Å². The van der Waals surface area contributed by atoms with Gasteiger partial charge in [-0.3, -0.25) is 0 Å². The fourth-order valence-electron chi connectivity index (χ4n) is 2.97. The molecule has 0 N–H and O–H groups in total. The third-order valence-electron chi connectivity index (χ3n) is 4.69. The molecule has 4 aromatic rings. The van der Waals surface area contributed by atoms with Crippen LogP contribution in [0.4, 0.5) is 17.1 Å². The standard InChI is InChI=1S/C25H22N4O2S/c1-29(2)21-14-12-19(13-15-21)27-28-23-11-7-6-10-22(23)25(30)31-16-20-17-32-24(26-20)18-8-4-3-5-9-18/h3-15,17H,16H2,1-2H3. The van der Waals surface area contributed by atoms with Crippen LogP contribution < -0.4 is 4.90 Å². The number of nitrogens with zero attached hydrogens (tertiary/aromatic N) is 4. The maximum absolute atomic E-state index is 12.7. The van der Waals surface area contributed by atoms with Crippen molar-refractivity contribution >= 4 is 34.4 Å². The molecule has 3 aromatic carbocycles. The minimum absolute atomic E-state index is 0.0969. The number of azo groups is 1. The maximum atomic E-state index is 12.7. The fraction of sp³-hybridized carbons (Fsp3) is 0.120. The average Bonchev–Trinajstić information content (AvgIpc) is 3.31. The summed E-state index contributed by atoms with van der Waals surface area (Å²) >= 11 is 1.52. The van der Waals surface area contributed by atoms with E-state index in [1.165, 1.54) is 11.3 Å². The van der Waals surface area contributed by atoms with E-state index in [1.54, 1.807) is 18.2 Å². The fourth-order valence-corrected chi connectivity index (χ4v) is 3.78. The Morgan fingerprint density at radius 2 is 1.66 bits per heavy atom. The summed E-state index contributed by atoms with van der Waals surface area (Å²) in [5.74, 6) is -0.461. The minimum Gasteiger partial charge on any atom is -0.455 e. The predicted molar refractivity (Wildman–Crippen MR) is 128 cm³/mol. The number of anilines is 1. The first-order chi connectivity index (χ1) is 15.6. The zero-order valence-electron chi connectivity index (χ0n) is 17.8. The third kappa shape index (κ3) is 5.25. The lowest BCUT2D eigenvalue weighted by Crippen LogP contribution is -2.07. The first-order valence-electron chi connectivity index (χ1n) is 10.1. The second kappa shape index (κ2) is 9.98. The van der Waals surface area contributed by atoms with Crippen molar-refractivity contribution in [3.05, 3.63) is 95.5 Å². The molecular weight excluding hydrogens is 420 g/mol. The Kier molecular flexibility index (Phi) is 6.67. The van der Waals surface area contributed by atoms with Crippen LogP contribution in [0, 0.1) is 0 Å². The van der Waals surface area contributed by atoms with Crippen LogP contribution in [0.3, 0.4) is 0 Å². The number of thiazole rings is 1. The molecule has 0 saturated heterocycles. The van der Waals surface area contributed by atoms with Gasteiger partial charge in [-0.25, -0.2) is 9.78 Å². The molecule has 0 amide bonds. The van der Waals surface area contributed by atoms with Crippen molar-refractivity contribution in [3.63, 3.8) is 0 Å². The highest BCUT2D eigenvalue weighted by atomic mass is 32.1. The van der Waals surface area contributed by atoms with Crippen LogP contribution in [0.15, 0.2) is 94.5 Å². The largest absolute Gasteiger partial charge is 0.455 e. The van der Waals surface area contributed by atoms with Crippen molar-refractivity contribution in [1.29, 1.82) is 0 Å². The number of aromatic nitrogens is 1. The van der Waals surface area contributed by atoms with Crippen molar-refractivity contribution in [2.45, 2.75) is 6.61 Å². The quantitative estimate of drug-likeness (QED) is 0.237. The normalized spacial score (nSPS) is 10.9. The summed E-state index contributed by atoms with van der Waals surface area (Å²) < 4.78 is 5.50. The van der Waals surface area contributed by atoms with E-state index in [4.69, 9.17) is 4.74 Å². The van der Waals surface area contributed by atoms with Crippen molar-refractivity contribution < 1.29 is 9.53 Å². The molecule has 160 valence electrons. The second-order valence-electron chi connectivity index (χ2n) is 7.21. The van der Waals surface area contributed by atoms with Crippen LogP contribution in [-0.4, -0.2) is 25.0 Å². The molecule has 0 fully saturated rings. The summed E-state index contributed by atoms with van der Waals surface area (Å²) in [4.78, 5) is 19.3. The number of benzene rings is 3. The smallest absolute Gasteiger partial charge is 0.340 e. The zero-order valence-corrected chi connectivity index (χ0v) is 18.6. The molecular formula is C25H22N4O2S. The van der Waals surface area contributed by atoms with Crippen LogP contribution in [0.5, 0.6) is 0 Å². The lowest BCUT2D eigenvalue weighted by molar-refractivity contribution is 0.0469. The van der Waals surface area contributed by atoms with Gasteiger partial charge in [0.1, 0.15) is 17.3 Å². The number of rotatable bonds is 7. The zero-order chi connectivity index (χ0) is 22.3. The highest BCUT2D eigenvalue weighted by molar-refractivity contribution is 7.13. The molecule has 0 radical (unpaired) electrons. The first-order valence-corrected chi connectivity index (χ1v) is 10.9. The molecule has 0 aliphatic heterocycles. The van der Waals surface area contributed by atoms with Gasteiger partial charge in [-0.15, -0.1) is 16.5 Å². The van der Waals surface area contributed by atoms with Gasteiger partial charge in [0.05, 0.1) is 16.9 Å². The van der Waals surface area contributed by atoms with Gasteiger partial charge in [0.25, 0.3) is 0 Å². The Balaban J connectivity index is 1.43. The molecule has 4 rings (SSSR count). The topological polar surface area (TPSA) is 67.2 Å². The van der Waals surface area contributed by atoms with Gasteiger partial charge in [-0.05, 0) is 36.4 Å². The van der Waals surface area contributed by atoms with Crippen LogP contribution in [0.1, 0.15) is 16.1 Å². The van der Waals surface area contributed by atoms with Crippen molar-refractivity contribution in [3.8, 4) is 10.6 Å². The Morgan fingerprint density at radius 1 is 0.938 bits per heavy atom. The molecule has 7 heteroatoms. The van der Waals surface area contributed by atoms with Gasteiger partial charge in [0.2, 0.25) is 0 Å². The average molecular weight is 443 g/mol. The van der Waals surface area contributed by atoms with Crippen LogP contribution in [-0.2, 0) is 11.3 Å². The van der Waals surface area contributed by atoms with Crippen LogP contribution in [0.25, 0.3) is 10.6 Å². The number of ether oxygens (including phenoxy) is 1. The van der Waals surface area contributed by atoms with E-state index < -0.39 is 5.97 Å². The first kappa shape index (κ1) is 21.4. The van der Waals surface area contributed by atoms with Crippen molar-refractivity contribution in [2.75, 3.05) is 19.0 Å². The van der Waals surface area contributed by atoms with Gasteiger partial charge in [-0.2, -0.15) is 5.11 Å². The molecule has 0 saturated carbocycles. The molecule has 0 unspecified atom stereocenters. The molecule has 0 spiro atoms. The Hall–Kier alpha value is -3.84. The number of carbonyl (C=O) groups excluding carboxylic acids is 1. The van der Waals surface area contributed by atoms with Gasteiger partial charge in [0, 0.05) is 30.7 Å². The Morgan fingerprint density at radius 3 is 2.41 bits per heavy atom. The number of hydrogen-bond donors (Lipinski definition) is 0. The van der Waals surface area contributed by atoms with Gasteiger partial charge < -0.3 is 9.64 Å². The Labute approximate surface area is 190 Å². The van der Waals surface area contributed by atoms with Gasteiger partial charge in [-0.1, -0.05) is 42.5 Å². The highest BCUT2D eigenvalue weighted by Crippen LogP contribution is 2.26. The lowest BCUT2D eigenvalue weighted by Gasteiger charge is -2.11. The monoisotopic (exact) mass is 442 g/mol. The third-order valence-corrected chi connectivity index (χ3v) is 5.63. The van der Waals surface area contributed by atoms with Crippen LogP contribution in [0.2, 0.25) is 0 Å². The summed E-state index contributed by atoms with van der Waals surface area (Å²) in [6.07, 6.45) is 0. The summed E-state index contributed by atoms with van der Waals surface area (Å²) in [7, 11) is 3.96. The van der Waals surface area contributed by atoms with Crippen molar-refractivity contribution in [1.82, 2.24) is 4.98 Å². The van der Waals surface area contributed by atoms with Gasteiger partial charge >= 0.3 is 5.97 Å². The van der Waals surface area contributed by atoms with E-state index in [0.717, 1.165) is 16.3 Å². The molecule has 1 heterocycles. The second-order valence-corrected chi connectivity index (χ2v) is 8.07. The SMILES string of the molecule is CN(C)c1ccc(N=Nc2ccccc2C(=O)OCc2csc(-c3ccccc3)n2)cc1. The van der Waals surface area contributed by atoms with Gasteiger partial charge in [0.15, 0.2) is 0 Å². The molecule has 1 aromatic heterocycles. The lowest BCUT2D eigenvalue weighted by atomic mass is 10.2. The van der Waals surface area contributed by atoms with E-state index in [0.29, 0.717) is 22.6 Å². The molecule has 0 atom stereocenters. The van der Waals surface area contributed by atoms with Crippen LogP contribution >= 0.6 is 11.3 Å². The number of hydrogen-bond acceptors (Lipinski definition) is 7. The molecule has 6 nitrogen and oxygen atoms in total. The van der Waals surface area contributed by atoms with E-state index in [1.807, 2.05) is 85.0 Å². The molecule has 0 aliphatic carbocycles. The molecule has 0 aliphatic rings. The molecule has 32 heavy (non-hydrogen) atoms. The minimum atomic E-state index is -0.461. The maximum Gasteiger partial charge on any atom is 0.340 e. The van der Waals surface area contributed by atoms with E-state index in [2.05, 4.69) is 15.2 Å². The number of carbonyl (C=O) groups is 1. The summed E-state index contributed by atoms with van der Waals surface area (Å²) in [5.41, 5.74) is 4.35. The Bertz CT molecular complexity index is 1220. The van der Waals surface area contributed by atoms with E-state index in [-0.39, 0.29) is 6.61 Å². The number of esters is 1. The van der Waals surface area contributed by atoms with E-state index >= 15 is 0 Å². The summed E-state index contributed by atoms with van der Waals surface area (Å²) in [6, 6.07) is 24.6.